The number of nitrogens with zero attached hydrogens (tertiary/aromatic N) is 2. The van der Waals surface area contributed by atoms with Gasteiger partial charge in [-0.3, -0.25) is 0 Å². The van der Waals surface area contributed by atoms with E-state index in [-0.39, 0.29) is 6.04 Å². The summed E-state index contributed by atoms with van der Waals surface area (Å²) in [6, 6.07) is 2.86. The fourth-order valence-corrected chi connectivity index (χ4v) is 1.91. The molecule has 1 unspecified atom stereocenters. The maximum atomic E-state index is 8.80. The second-order valence-electron chi connectivity index (χ2n) is 4.08. The molecule has 1 N–H and O–H groups in total. The largest absolute Gasteiger partial charge is 0.381 e. The summed E-state index contributed by atoms with van der Waals surface area (Å²) in [5.41, 5.74) is 0. The summed E-state index contributed by atoms with van der Waals surface area (Å²) in [5.74, 6) is 0. The molecule has 0 bridgehead atoms. The van der Waals surface area contributed by atoms with Crippen LogP contribution in [-0.2, 0) is 4.74 Å². The van der Waals surface area contributed by atoms with Crippen molar-refractivity contribution in [3.63, 3.8) is 0 Å². The van der Waals surface area contributed by atoms with Crippen molar-refractivity contribution in [1.82, 2.24) is 10.2 Å². The molecule has 1 heterocycles. The van der Waals surface area contributed by atoms with E-state index in [1.54, 1.807) is 0 Å². The first kappa shape index (κ1) is 12.4. The highest BCUT2D eigenvalue weighted by molar-refractivity contribution is 4.89. The smallest absolute Gasteiger partial charge is 0.0962 e. The first-order valence-corrected chi connectivity index (χ1v) is 5.62. The topological polar surface area (TPSA) is 48.3 Å². The van der Waals surface area contributed by atoms with E-state index in [4.69, 9.17) is 10.00 Å². The Labute approximate surface area is 92.2 Å². The molecule has 0 aromatic carbocycles. The van der Waals surface area contributed by atoms with Gasteiger partial charge in [0.25, 0.3) is 0 Å². The SMILES string of the molecule is CNC(C#N)CCN(C)C1CCOCC1. The van der Waals surface area contributed by atoms with Crippen molar-refractivity contribution >= 4 is 0 Å². The summed E-state index contributed by atoms with van der Waals surface area (Å²) >= 11 is 0. The van der Waals surface area contributed by atoms with E-state index in [1.165, 1.54) is 0 Å². The van der Waals surface area contributed by atoms with Crippen molar-refractivity contribution in [2.45, 2.75) is 31.3 Å². The third-order valence-corrected chi connectivity index (χ3v) is 3.09. The van der Waals surface area contributed by atoms with Gasteiger partial charge in [0.05, 0.1) is 12.1 Å². The van der Waals surface area contributed by atoms with Crippen LogP contribution in [0.3, 0.4) is 0 Å². The Morgan fingerprint density at radius 1 is 1.53 bits per heavy atom. The van der Waals surface area contributed by atoms with Crippen LogP contribution in [0.4, 0.5) is 0 Å². The molecule has 4 heteroatoms. The number of hydrogen-bond donors (Lipinski definition) is 1. The van der Waals surface area contributed by atoms with Gasteiger partial charge in [0.2, 0.25) is 0 Å². The van der Waals surface area contributed by atoms with Crippen LogP contribution in [0.5, 0.6) is 0 Å². The van der Waals surface area contributed by atoms with Crippen molar-refractivity contribution < 1.29 is 4.74 Å². The molecule has 1 aliphatic rings. The van der Waals surface area contributed by atoms with Gasteiger partial charge in [0, 0.05) is 25.8 Å². The summed E-state index contributed by atoms with van der Waals surface area (Å²) in [5, 5.41) is 11.8. The average molecular weight is 211 g/mol. The highest BCUT2D eigenvalue weighted by atomic mass is 16.5. The van der Waals surface area contributed by atoms with Crippen LogP contribution in [-0.4, -0.2) is 50.8 Å². The molecule has 1 rings (SSSR count). The Morgan fingerprint density at radius 2 is 2.20 bits per heavy atom. The van der Waals surface area contributed by atoms with Crippen molar-refractivity contribution in [3.8, 4) is 6.07 Å². The van der Waals surface area contributed by atoms with Crippen LogP contribution in [0.2, 0.25) is 0 Å². The minimum absolute atomic E-state index is 0.0210. The molecular formula is C11H21N3O. The van der Waals surface area contributed by atoms with Crippen molar-refractivity contribution in [2.24, 2.45) is 0 Å². The monoisotopic (exact) mass is 211 g/mol. The molecule has 1 fully saturated rings. The zero-order chi connectivity index (χ0) is 11.1. The van der Waals surface area contributed by atoms with Crippen molar-refractivity contribution in [2.75, 3.05) is 33.9 Å². The van der Waals surface area contributed by atoms with Gasteiger partial charge in [0.1, 0.15) is 0 Å². The molecule has 0 spiro atoms. The van der Waals surface area contributed by atoms with Gasteiger partial charge < -0.3 is 15.0 Å². The molecular weight excluding hydrogens is 190 g/mol. The van der Waals surface area contributed by atoms with E-state index >= 15 is 0 Å². The number of rotatable bonds is 5. The minimum Gasteiger partial charge on any atom is -0.381 e. The Balaban J connectivity index is 2.22. The lowest BCUT2D eigenvalue weighted by molar-refractivity contribution is 0.0424. The zero-order valence-corrected chi connectivity index (χ0v) is 9.70. The molecule has 86 valence electrons. The number of nitrogens with one attached hydrogen (secondary N) is 1. The van der Waals surface area contributed by atoms with E-state index in [1.807, 2.05) is 7.05 Å². The Bertz CT molecular complexity index is 208. The molecule has 0 aromatic rings. The number of ether oxygens (including phenoxy) is 1. The van der Waals surface area contributed by atoms with Gasteiger partial charge in [-0.1, -0.05) is 0 Å². The summed E-state index contributed by atoms with van der Waals surface area (Å²) < 4.78 is 5.33. The van der Waals surface area contributed by atoms with Crippen LogP contribution in [0.1, 0.15) is 19.3 Å². The first-order valence-electron chi connectivity index (χ1n) is 5.62. The third-order valence-electron chi connectivity index (χ3n) is 3.09. The summed E-state index contributed by atoms with van der Waals surface area (Å²) in [6.45, 7) is 2.73. The van der Waals surface area contributed by atoms with Gasteiger partial charge in [-0.25, -0.2) is 0 Å². The molecule has 0 radical (unpaired) electrons. The fraction of sp³-hybridized carbons (Fsp3) is 0.909. The average Bonchev–Trinajstić information content (AvgIpc) is 2.31. The standard InChI is InChI=1S/C11H21N3O/c1-13-10(9-12)3-6-14(2)11-4-7-15-8-5-11/h10-11,13H,3-8H2,1-2H3. The molecule has 15 heavy (non-hydrogen) atoms. The summed E-state index contributed by atoms with van der Waals surface area (Å²) in [7, 11) is 3.97. The minimum atomic E-state index is -0.0210. The van der Waals surface area contributed by atoms with Gasteiger partial charge in [0.15, 0.2) is 0 Å². The second-order valence-corrected chi connectivity index (χ2v) is 4.08. The molecule has 1 atom stereocenters. The van der Waals surface area contributed by atoms with Gasteiger partial charge in [-0.15, -0.1) is 0 Å². The van der Waals surface area contributed by atoms with Gasteiger partial charge >= 0.3 is 0 Å². The summed E-state index contributed by atoms with van der Waals surface area (Å²) in [4.78, 5) is 2.35. The highest BCUT2D eigenvalue weighted by Crippen LogP contribution is 2.13. The second kappa shape index (κ2) is 6.78. The fourth-order valence-electron chi connectivity index (χ4n) is 1.91. The van der Waals surface area contributed by atoms with Crippen LogP contribution in [0, 0.1) is 11.3 Å². The quantitative estimate of drug-likeness (QED) is 0.723. The number of nitriles is 1. The van der Waals surface area contributed by atoms with Crippen molar-refractivity contribution in [1.29, 1.82) is 5.26 Å². The van der Waals surface area contributed by atoms with Crippen molar-refractivity contribution in [3.05, 3.63) is 0 Å². The van der Waals surface area contributed by atoms with Gasteiger partial charge in [-0.2, -0.15) is 5.26 Å². The molecule has 0 saturated carbocycles. The first-order chi connectivity index (χ1) is 7.27. The molecule has 0 aliphatic carbocycles. The van der Waals surface area contributed by atoms with E-state index in [0.717, 1.165) is 39.0 Å². The lowest BCUT2D eigenvalue weighted by Gasteiger charge is -2.31. The normalized spacial score (nSPS) is 20.1. The lowest BCUT2D eigenvalue weighted by atomic mass is 10.1. The predicted molar refractivity (Wildman–Crippen MR) is 59.5 cm³/mol. The van der Waals surface area contributed by atoms with E-state index in [0.29, 0.717) is 6.04 Å². The highest BCUT2D eigenvalue weighted by Gasteiger charge is 2.18. The molecule has 1 aliphatic heterocycles. The molecule has 4 nitrogen and oxygen atoms in total. The van der Waals surface area contributed by atoms with E-state index < -0.39 is 0 Å². The maximum absolute atomic E-state index is 8.80. The Morgan fingerprint density at radius 3 is 2.73 bits per heavy atom. The van der Waals surface area contributed by atoms with Crippen LogP contribution < -0.4 is 5.32 Å². The zero-order valence-electron chi connectivity index (χ0n) is 9.70. The van der Waals surface area contributed by atoms with E-state index in [9.17, 15) is 0 Å². The molecule has 0 aromatic heterocycles. The van der Waals surface area contributed by atoms with E-state index in [2.05, 4.69) is 23.3 Å². The Hall–Kier alpha value is -0.630. The molecule has 1 saturated heterocycles. The third kappa shape index (κ3) is 4.17. The predicted octanol–water partition coefficient (Wildman–Crippen LogP) is 0.599. The Kier molecular flexibility index (Phi) is 5.62. The molecule has 0 amide bonds. The van der Waals surface area contributed by atoms with Crippen LogP contribution in [0.25, 0.3) is 0 Å². The maximum Gasteiger partial charge on any atom is 0.0962 e. The summed E-state index contributed by atoms with van der Waals surface area (Å²) in [6.07, 6.45) is 3.13. The van der Waals surface area contributed by atoms with Crippen LogP contribution in [0.15, 0.2) is 0 Å². The lowest BCUT2D eigenvalue weighted by Crippen LogP contribution is -2.39. The number of hydrogen-bond acceptors (Lipinski definition) is 4. The van der Waals surface area contributed by atoms with Crippen LogP contribution >= 0.6 is 0 Å². The van der Waals surface area contributed by atoms with Gasteiger partial charge in [-0.05, 0) is 33.4 Å².